The Morgan fingerprint density at radius 2 is 1.79 bits per heavy atom. The van der Waals surface area contributed by atoms with Gasteiger partial charge in [0.15, 0.2) is 11.5 Å². The number of fused-ring (bicyclic) bond motifs is 1. The number of hydrogen-bond donors (Lipinski definition) is 1. The maximum atomic E-state index is 9.91. The van der Waals surface area contributed by atoms with Crippen molar-refractivity contribution in [2.45, 2.75) is 0 Å². The number of rotatable bonds is 4. The molecular formula is C17H17N3O3S. The molecule has 0 aliphatic heterocycles. The predicted octanol–water partition coefficient (Wildman–Crippen LogP) is 2.90. The summed E-state index contributed by atoms with van der Waals surface area (Å²) in [6, 6.07) is 11.4. The Labute approximate surface area is 142 Å². The highest BCUT2D eigenvalue weighted by molar-refractivity contribution is 7.16. The molecule has 0 saturated carbocycles. The van der Waals surface area contributed by atoms with E-state index in [0.717, 1.165) is 15.0 Å². The second-order valence-corrected chi connectivity index (χ2v) is 6.04. The highest BCUT2D eigenvalue weighted by Crippen LogP contribution is 2.36. The number of nitrogens with zero attached hydrogens (tertiary/aromatic N) is 3. The summed E-state index contributed by atoms with van der Waals surface area (Å²) in [6.07, 6.45) is 1.59. The standard InChI is InChI=1S/C17H17N3O3S/c1-20-12-6-4-5-7-15(12)24-17(20)19-18-10-11-8-13(22-2)16(21)14(9-11)23-3/h4-10,21H,1-3H3/b18-10+,19-17-. The lowest BCUT2D eigenvalue weighted by atomic mass is 10.2. The molecular weight excluding hydrogens is 326 g/mol. The van der Waals surface area contributed by atoms with Crippen LogP contribution in [-0.4, -0.2) is 30.1 Å². The van der Waals surface area contributed by atoms with Crippen molar-refractivity contribution >= 4 is 27.8 Å². The number of phenols is 1. The van der Waals surface area contributed by atoms with Crippen molar-refractivity contribution in [1.82, 2.24) is 4.57 Å². The number of ether oxygens (including phenoxy) is 2. The van der Waals surface area contributed by atoms with Crippen LogP contribution in [0.3, 0.4) is 0 Å². The van der Waals surface area contributed by atoms with Crippen LogP contribution in [0, 0.1) is 0 Å². The van der Waals surface area contributed by atoms with Gasteiger partial charge < -0.3 is 19.1 Å². The highest BCUT2D eigenvalue weighted by atomic mass is 32.1. The van der Waals surface area contributed by atoms with Crippen molar-refractivity contribution in [3.05, 3.63) is 46.8 Å². The van der Waals surface area contributed by atoms with Gasteiger partial charge >= 0.3 is 0 Å². The molecule has 0 fully saturated rings. The van der Waals surface area contributed by atoms with E-state index in [4.69, 9.17) is 9.47 Å². The molecule has 0 aliphatic rings. The second-order valence-electron chi connectivity index (χ2n) is 5.03. The topological polar surface area (TPSA) is 68.3 Å². The minimum absolute atomic E-state index is 0.0370. The van der Waals surface area contributed by atoms with Crippen LogP contribution in [0.1, 0.15) is 5.56 Å². The summed E-state index contributed by atoms with van der Waals surface area (Å²) in [4.78, 5) is 0.796. The van der Waals surface area contributed by atoms with Crippen molar-refractivity contribution in [3.8, 4) is 17.2 Å². The molecule has 1 N–H and O–H groups in total. The van der Waals surface area contributed by atoms with Crippen molar-refractivity contribution in [2.24, 2.45) is 17.3 Å². The molecule has 24 heavy (non-hydrogen) atoms. The van der Waals surface area contributed by atoms with E-state index < -0.39 is 0 Å². The fourth-order valence-electron chi connectivity index (χ4n) is 2.31. The summed E-state index contributed by atoms with van der Waals surface area (Å²) in [5.74, 6) is 0.608. The second kappa shape index (κ2) is 6.76. The molecule has 0 aliphatic carbocycles. The van der Waals surface area contributed by atoms with Crippen LogP contribution in [0.4, 0.5) is 0 Å². The predicted molar refractivity (Wildman–Crippen MR) is 95.2 cm³/mol. The average molecular weight is 343 g/mol. The normalized spacial score (nSPS) is 12.2. The molecule has 1 heterocycles. The largest absolute Gasteiger partial charge is 0.502 e. The third-order valence-corrected chi connectivity index (χ3v) is 4.67. The number of phenolic OH excluding ortho intramolecular Hbond substituents is 1. The zero-order valence-corrected chi connectivity index (χ0v) is 14.4. The molecule has 2 aromatic carbocycles. The van der Waals surface area contributed by atoms with Gasteiger partial charge in [-0.3, -0.25) is 0 Å². The fourth-order valence-corrected chi connectivity index (χ4v) is 3.29. The van der Waals surface area contributed by atoms with Crippen LogP contribution in [0.25, 0.3) is 10.2 Å². The zero-order valence-electron chi connectivity index (χ0n) is 13.6. The lowest BCUT2D eigenvalue weighted by Gasteiger charge is -2.08. The molecule has 0 saturated heterocycles. The highest BCUT2D eigenvalue weighted by Gasteiger charge is 2.10. The van der Waals surface area contributed by atoms with Crippen LogP contribution in [0.15, 0.2) is 46.6 Å². The molecule has 0 atom stereocenters. The minimum Gasteiger partial charge on any atom is -0.502 e. The van der Waals surface area contributed by atoms with Crippen LogP contribution in [0.2, 0.25) is 0 Å². The Bertz CT molecular complexity index is 948. The quantitative estimate of drug-likeness (QED) is 0.585. The third-order valence-electron chi connectivity index (χ3n) is 3.57. The first-order valence-corrected chi connectivity index (χ1v) is 8.02. The Morgan fingerprint density at radius 3 is 2.42 bits per heavy atom. The number of para-hydroxylation sites is 1. The summed E-state index contributed by atoms with van der Waals surface area (Å²) in [7, 11) is 4.92. The van der Waals surface area contributed by atoms with Crippen LogP contribution < -0.4 is 14.3 Å². The summed E-state index contributed by atoms with van der Waals surface area (Å²) in [5, 5.41) is 18.3. The van der Waals surface area contributed by atoms with E-state index in [1.165, 1.54) is 14.2 Å². The molecule has 0 unspecified atom stereocenters. The van der Waals surface area contributed by atoms with Crippen molar-refractivity contribution in [3.63, 3.8) is 0 Å². The molecule has 0 bridgehead atoms. The average Bonchev–Trinajstić information content (AvgIpc) is 2.92. The number of aromatic hydroxyl groups is 1. The Hall–Kier alpha value is -2.80. The number of methoxy groups -OCH3 is 2. The van der Waals surface area contributed by atoms with E-state index in [1.807, 2.05) is 29.8 Å². The van der Waals surface area contributed by atoms with Gasteiger partial charge in [0.2, 0.25) is 10.6 Å². The maximum Gasteiger partial charge on any atom is 0.211 e. The molecule has 0 spiro atoms. The fraction of sp³-hybridized carbons (Fsp3) is 0.176. The number of benzene rings is 2. The molecule has 3 aromatic rings. The summed E-state index contributed by atoms with van der Waals surface area (Å²) in [6.45, 7) is 0. The molecule has 6 nitrogen and oxygen atoms in total. The van der Waals surface area contributed by atoms with E-state index in [9.17, 15) is 5.11 Å². The zero-order chi connectivity index (χ0) is 17.1. The van der Waals surface area contributed by atoms with Gasteiger partial charge in [-0.25, -0.2) is 0 Å². The molecule has 0 amide bonds. The van der Waals surface area contributed by atoms with E-state index >= 15 is 0 Å². The number of aryl methyl sites for hydroxylation is 1. The van der Waals surface area contributed by atoms with Crippen molar-refractivity contribution < 1.29 is 14.6 Å². The van der Waals surface area contributed by atoms with E-state index in [1.54, 1.807) is 29.7 Å². The Balaban J connectivity index is 1.97. The van der Waals surface area contributed by atoms with Crippen LogP contribution >= 0.6 is 11.3 Å². The SMILES string of the molecule is COc1cc(/C=N/N=c2\sc3ccccc3n2C)cc(OC)c1O. The lowest BCUT2D eigenvalue weighted by Crippen LogP contribution is -2.08. The van der Waals surface area contributed by atoms with Gasteiger partial charge in [-0.1, -0.05) is 23.5 Å². The van der Waals surface area contributed by atoms with Crippen molar-refractivity contribution in [2.75, 3.05) is 14.2 Å². The third kappa shape index (κ3) is 2.98. The van der Waals surface area contributed by atoms with Crippen molar-refractivity contribution in [1.29, 1.82) is 0 Å². The van der Waals surface area contributed by atoms with Crippen LogP contribution in [0.5, 0.6) is 17.2 Å². The summed E-state index contributed by atoms with van der Waals surface area (Å²) in [5.41, 5.74) is 1.83. The maximum absolute atomic E-state index is 9.91. The Kier molecular flexibility index (Phi) is 4.52. The smallest absolute Gasteiger partial charge is 0.211 e. The molecule has 7 heteroatoms. The van der Waals surface area contributed by atoms with Gasteiger partial charge in [0.05, 0.1) is 30.7 Å². The number of hydrogen-bond acceptors (Lipinski definition) is 6. The number of aromatic nitrogens is 1. The Morgan fingerprint density at radius 1 is 1.12 bits per heavy atom. The number of thiazole rings is 1. The van der Waals surface area contributed by atoms with Gasteiger partial charge in [0.1, 0.15) is 0 Å². The molecule has 124 valence electrons. The molecule has 1 aromatic heterocycles. The monoisotopic (exact) mass is 343 g/mol. The van der Waals surface area contributed by atoms with E-state index in [0.29, 0.717) is 17.1 Å². The van der Waals surface area contributed by atoms with Gasteiger partial charge in [0, 0.05) is 12.6 Å². The lowest BCUT2D eigenvalue weighted by molar-refractivity contribution is 0.340. The summed E-state index contributed by atoms with van der Waals surface area (Å²) >= 11 is 1.57. The van der Waals surface area contributed by atoms with E-state index in [-0.39, 0.29) is 5.75 Å². The first-order chi connectivity index (χ1) is 11.6. The first-order valence-electron chi connectivity index (χ1n) is 7.20. The van der Waals surface area contributed by atoms with Gasteiger partial charge in [0.25, 0.3) is 0 Å². The first kappa shape index (κ1) is 16.1. The summed E-state index contributed by atoms with van der Waals surface area (Å²) < 4.78 is 13.4. The minimum atomic E-state index is -0.0370. The van der Waals surface area contributed by atoms with E-state index in [2.05, 4.69) is 16.3 Å². The molecule has 3 rings (SSSR count). The van der Waals surface area contributed by atoms with Crippen LogP contribution in [-0.2, 0) is 7.05 Å². The molecule has 0 radical (unpaired) electrons. The van der Waals surface area contributed by atoms with Gasteiger partial charge in [-0.15, -0.1) is 5.10 Å². The van der Waals surface area contributed by atoms with Gasteiger partial charge in [-0.2, -0.15) is 5.10 Å². The van der Waals surface area contributed by atoms with Gasteiger partial charge in [-0.05, 0) is 24.3 Å².